The minimum atomic E-state index is -0.680. The van der Waals surface area contributed by atoms with Gasteiger partial charge in [0, 0.05) is 12.2 Å². The minimum absolute atomic E-state index is 0.0633. The molecule has 0 spiro atoms. The van der Waals surface area contributed by atoms with E-state index < -0.39 is 11.9 Å². The van der Waals surface area contributed by atoms with E-state index in [0.717, 1.165) is 17.8 Å². The molecule has 174 valence electrons. The molecule has 0 aromatic heterocycles. The van der Waals surface area contributed by atoms with E-state index in [-0.39, 0.29) is 11.1 Å². The van der Waals surface area contributed by atoms with Gasteiger partial charge in [0.1, 0.15) is 35.6 Å². The molecule has 0 amide bonds. The number of ether oxygens (including phenoxy) is 3. The zero-order valence-corrected chi connectivity index (χ0v) is 19.3. The summed E-state index contributed by atoms with van der Waals surface area (Å²) in [4.78, 5) is 25.2. The van der Waals surface area contributed by atoms with Crippen LogP contribution in [-0.4, -0.2) is 45.9 Å². The van der Waals surface area contributed by atoms with E-state index in [4.69, 9.17) is 15.3 Å². The summed E-state index contributed by atoms with van der Waals surface area (Å²) in [5, 5.41) is 18.1. The maximum Gasteiger partial charge on any atom is 0.348 e. The van der Waals surface area contributed by atoms with Crippen molar-refractivity contribution in [1.82, 2.24) is 0 Å². The summed E-state index contributed by atoms with van der Waals surface area (Å²) in [6.45, 7) is 3.88. The van der Waals surface area contributed by atoms with Crippen LogP contribution in [0.4, 0.5) is 5.69 Å². The molecule has 0 atom stereocenters. The topological polar surface area (TPSA) is 113 Å². The average molecular weight is 460 g/mol. The SMILES string of the molecule is CCN(CCOc1ccc(C=C(C#N)C(=O)OC)cc1)c1ccc(C=C(C#N)C(=O)OC)cc1. The van der Waals surface area contributed by atoms with E-state index >= 15 is 0 Å². The number of anilines is 1. The molecule has 2 aromatic carbocycles. The second-order valence-corrected chi connectivity index (χ2v) is 6.91. The van der Waals surface area contributed by atoms with Gasteiger partial charge < -0.3 is 19.1 Å². The summed E-state index contributed by atoms with van der Waals surface area (Å²) in [5.74, 6) is -0.686. The molecule has 0 saturated carbocycles. The Labute approximate surface area is 198 Å². The van der Waals surface area contributed by atoms with E-state index in [2.05, 4.69) is 14.4 Å². The van der Waals surface area contributed by atoms with Crippen LogP contribution in [0.5, 0.6) is 5.75 Å². The Hall–Kier alpha value is -4.56. The normalized spacial score (nSPS) is 11.1. The Balaban J connectivity index is 1.97. The van der Waals surface area contributed by atoms with Gasteiger partial charge in [-0.05, 0) is 54.5 Å². The summed E-state index contributed by atoms with van der Waals surface area (Å²) >= 11 is 0. The van der Waals surface area contributed by atoms with Crippen molar-refractivity contribution in [1.29, 1.82) is 10.5 Å². The van der Waals surface area contributed by atoms with Gasteiger partial charge in [-0.2, -0.15) is 10.5 Å². The number of rotatable bonds is 10. The number of hydrogen-bond donors (Lipinski definition) is 0. The maximum absolute atomic E-state index is 11.6. The van der Waals surface area contributed by atoms with Crippen LogP contribution in [-0.2, 0) is 19.1 Å². The van der Waals surface area contributed by atoms with Crippen LogP contribution < -0.4 is 9.64 Å². The number of benzene rings is 2. The molecule has 0 aliphatic heterocycles. The number of nitriles is 2. The largest absolute Gasteiger partial charge is 0.492 e. The van der Waals surface area contributed by atoms with E-state index in [1.54, 1.807) is 24.3 Å². The molecular formula is C26H25N3O5. The lowest BCUT2D eigenvalue weighted by atomic mass is 10.1. The maximum atomic E-state index is 11.6. The third kappa shape index (κ3) is 7.25. The summed E-state index contributed by atoms with van der Waals surface area (Å²) in [6.07, 6.45) is 2.94. The Bertz CT molecular complexity index is 1140. The third-order valence-electron chi connectivity index (χ3n) is 4.82. The fraction of sp³-hybridized carbons (Fsp3) is 0.231. The number of carbonyl (C=O) groups excluding carboxylic acids is 2. The Morgan fingerprint density at radius 2 is 1.32 bits per heavy atom. The van der Waals surface area contributed by atoms with Crippen molar-refractivity contribution in [3.63, 3.8) is 0 Å². The van der Waals surface area contributed by atoms with Crippen molar-refractivity contribution in [3.05, 3.63) is 70.8 Å². The molecule has 0 N–H and O–H groups in total. The molecule has 0 radical (unpaired) electrons. The molecule has 0 saturated heterocycles. The van der Waals surface area contributed by atoms with Gasteiger partial charge in [-0.3, -0.25) is 0 Å². The molecular weight excluding hydrogens is 434 g/mol. The molecule has 34 heavy (non-hydrogen) atoms. The van der Waals surface area contributed by atoms with Gasteiger partial charge in [0.05, 0.1) is 20.8 Å². The monoisotopic (exact) mass is 459 g/mol. The van der Waals surface area contributed by atoms with Gasteiger partial charge in [0.25, 0.3) is 0 Å². The van der Waals surface area contributed by atoms with E-state index in [0.29, 0.717) is 24.5 Å². The predicted molar refractivity (Wildman–Crippen MR) is 127 cm³/mol. The van der Waals surface area contributed by atoms with Crippen molar-refractivity contribution in [3.8, 4) is 17.9 Å². The molecule has 8 nitrogen and oxygen atoms in total. The van der Waals surface area contributed by atoms with Crippen molar-refractivity contribution in [2.75, 3.05) is 38.8 Å². The fourth-order valence-electron chi connectivity index (χ4n) is 3.01. The van der Waals surface area contributed by atoms with Gasteiger partial charge in [-0.15, -0.1) is 0 Å². The Morgan fingerprint density at radius 3 is 1.74 bits per heavy atom. The molecule has 0 heterocycles. The number of esters is 2. The van der Waals surface area contributed by atoms with E-state index in [1.807, 2.05) is 43.3 Å². The number of carbonyl (C=O) groups is 2. The van der Waals surface area contributed by atoms with Crippen LogP contribution in [0.15, 0.2) is 59.7 Å². The smallest absolute Gasteiger partial charge is 0.348 e. The van der Waals surface area contributed by atoms with Crippen LogP contribution in [0.2, 0.25) is 0 Å². The number of methoxy groups -OCH3 is 2. The molecule has 0 aliphatic rings. The van der Waals surface area contributed by atoms with Crippen LogP contribution in [0.25, 0.3) is 12.2 Å². The van der Waals surface area contributed by atoms with E-state index in [9.17, 15) is 9.59 Å². The summed E-state index contributed by atoms with van der Waals surface area (Å²) in [7, 11) is 2.46. The molecule has 2 aromatic rings. The van der Waals surface area contributed by atoms with Gasteiger partial charge in [-0.25, -0.2) is 9.59 Å². The van der Waals surface area contributed by atoms with E-state index in [1.165, 1.54) is 26.4 Å². The number of likely N-dealkylation sites (N-methyl/N-ethyl adjacent to an activating group) is 1. The molecule has 8 heteroatoms. The molecule has 0 unspecified atom stereocenters. The molecule has 0 aliphatic carbocycles. The second kappa shape index (κ2) is 13.1. The van der Waals surface area contributed by atoms with Gasteiger partial charge in [-0.1, -0.05) is 24.3 Å². The number of nitrogens with zero attached hydrogens (tertiary/aromatic N) is 3. The lowest BCUT2D eigenvalue weighted by Crippen LogP contribution is -2.28. The Morgan fingerprint density at radius 1 is 0.853 bits per heavy atom. The first-order valence-electron chi connectivity index (χ1n) is 10.4. The fourth-order valence-corrected chi connectivity index (χ4v) is 3.01. The predicted octanol–water partition coefficient (Wildman–Crippen LogP) is 3.75. The first-order valence-corrected chi connectivity index (χ1v) is 10.4. The number of hydrogen-bond acceptors (Lipinski definition) is 8. The third-order valence-corrected chi connectivity index (χ3v) is 4.82. The summed E-state index contributed by atoms with van der Waals surface area (Å²) < 4.78 is 15.0. The highest BCUT2D eigenvalue weighted by Crippen LogP contribution is 2.18. The van der Waals surface area contributed by atoms with Crippen molar-refractivity contribution in [2.24, 2.45) is 0 Å². The summed E-state index contributed by atoms with van der Waals surface area (Å²) in [6, 6.07) is 18.2. The van der Waals surface area contributed by atoms with Crippen LogP contribution in [0, 0.1) is 22.7 Å². The van der Waals surface area contributed by atoms with Gasteiger partial charge in [0.15, 0.2) is 0 Å². The molecule has 0 bridgehead atoms. The molecule has 0 fully saturated rings. The highest BCUT2D eigenvalue weighted by atomic mass is 16.5. The highest BCUT2D eigenvalue weighted by Gasteiger charge is 2.10. The summed E-state index contributed by atoms with van der Waals surface area (Å²) in [5.41, 5.74) is 2.24. The zero-order valence-electron chi connectivity index (χ0n) is 19.3. The highest BCUT2D eigenvalue weighted by molar-refractivity contribution is 5.98. The average Bonchev–Trinajstić information content (AvgIpc) is 2.88. The van der Waals surface area contributed by atoms with Crippen molar-refractivity contribution >= 4 is 29.8 Å². The van der Waals surface area contributed by atoms with Gasteiger partial charge >= 0.3 is 11.9 Å². The van der Waals surface area contributed by atoms with Crippen LogP contribution in [0.1, 0.15) is 18.1 Å². The lowest BCUT2D eigenvalue weighted by Gasteiger charge is -2.23. The van der Waals surface area contributed by atoms with Gasteiger partial charge in [0.2, 0.25) is 0 Å². The Kier molecular flexibility index (Phi) is 9.90. The quantitative estimate of drug-likeness (QED) is 0.300. The van der Waals surface area contributed by atoms with Crippen molar-refractivity contribution < 1.29 is 23.8 Å². The lowest BCUT2D eigenvalue weighted by molar-refractivity contribution is -0.136. The minimum Gasteiger partial charge on any atom is -0.492 e. The van der Waals surface area contributed by atoms with Crippen LogP contribution in [0.3, 0.4) is 0 Å². The van der Waals surface area contributed by atoms with Crippen LogP contribution >= 0.6 is 0 Å². The first kappa shape index (κ1) is 25.7. The van der Waals surface area contributed by atoms with Crippen molar-refractivity contribution in [2.45, 2.75) is 6.92 Å². The molecule has 2 rings (SSSR count). The standard InChI is InChI=1S/C26H25N3O5/c1-4-29(23-9-5-19(6-10-23)15-21(17-27)25(30)32-2)13-14-34-24-11-7-20(8-12-24)16-22(18-28)26(31)33-3/h5-12,15-16H,4,13-14H2,1-3H3. The second-order valence-electron chi connectivity index (χ2n) is 6.91. The zero-order chi connectivity index (χ0) is 24.9. The first-order chi connectivity index (χ1) is 16.4.